The van der Waals surface area contributed by atoms with Crippen LogP contribution in [-0.2, 0) is 11.3 Å². The SMILES string of the molecule is CN(C(=O)CN1CCN(C2CCN(Cc3ccccc3)C2)CC1)C1CCCCC1. The van der Waals surface area contributed by atoms with Gasteiger partial charge in [-0.1, -0.05) is 49.6 Å². The molecule has 5 heteroatoms. The number of hydrogen-bond donors (Lipinski definition) is 0. The summed E-state index contributed by atoms with van der Waals surface area (Å²) in [6.07, 6.45) is 7.56. The standard InChI is InChI=1S/C24H38N4O/c1-25(22-10-6-3-7-11-22)24(29)20-26-14-16-28(17-15-26)23-12-13-27(19-23)18-21-8-4-2-5-9-21/h2,4-5,8-9,22-23H,3,6-7,10-20H2,1H3. The summed E-state index contributed by atoms with van der Waals surface area (Å²) < 4.78 is 0. The van der Waals surface area contributed by atoms with Crippen LogP contribution in [0.25, 0.3) is 0 Å². The molecule has 1 aromatic carbocycles. The van der Waals surface area contributed by atoms with E-state index in [1.807, 2.05) is 11.9 Å². The minimum absolute atomic E-state index is 0.320. The predicted octanol–water partition coefficient (Wildman–Crippen LogP) is 2.67. The average Bonchev–Trinajstić information content (AvgIpc) is 3.23. The van der Waals surface area contributed by atoms with Crippen LogP contribution in [0.5, 0.6) is 0 Å². The second-order valence-electron chi connectivity index (χ2n) is 9.27. The largest absolute Gasteiger partial charge is 0.342 e. The monoisotopic (exact) mass is 398 g/mol. The number of rotatable bonds is 6. The fourth-order valence-electron chi connectivity index (χ4n) is 5.36. The summed E-state index contributed by atoms with van der Waals surface area (Å²) in [5, 5.41) is 0. The molecule has 29 heavy (non-hydrogen) atoms. The lowest BCUT2D eigenvalue weighted by molar-refractivity contribution is -0.134. The molecule has 3 aliphatic rings. The number of piperazine rings is 1. The Balaban J connectivity index is 1.18. The highest BCUT2D eigenvalue weighted by molar-refractivity contribution is 5.78. The van der Waals surface area contributed by atoms with Gasteiger partial charge in [0.25, 0.3) is 0 Å². The maximum Gasteiger partial charge on any atom is 0.236 e. The van der Waals surface area contributed by atoms with Gasteiger partial charge in [-0.25, -0.2) is 0 Å². The second kappa shape index (κ2) is 10.1. The molecule has 2 aliphatic heterocycles. The predicted molar refractivity (Wildman–Crippen MR) is 118 cm³/mol. The van der Waals surface area contributed by atoms with Gasteiger partial charge in [-0.3, -0.25) is 19.5 Å². The number of carbonyl (C=O) groups excluding carboxylic acids is 1. The van der Waals surface area contributed by atoms with Gasteiger partial charge in [0.15, 0.2) is 0 Å². The van der Waals surface area contributed by atoms with E-state index in [-0.39, 0.29) is 0 Å². The Bertz CT molecular complexity index is 638. The molecule has 1 saturated carbocycles. The first-order valence-corrected chi connectivity index (χ1v) is 11.7. The number of benzene rings is 1. The minimum atomic E-state index is 0.320. The molecule has 1 atom stereocenters. The van der Waals surface area contributed by atoms with Crippen LogP contribution in [0, 0.1) is 0 Å². The molecule has 4 rings (SSSR count). The van der Waals surface area contributed by atoms with E-state index < -0.39 is 0 Å². The summed E-state index contributed by atoms with van der Waals surface area (Å²) in [6, 6.07) is 12.0. The average molecular weight is 399 g/mol. The fourth-order valence-corrected chi connectivity index (χ4v) is 5.36. The van der Waals surface area contributed by atoms with Crippen LogP contribution in [0.4, 0.5) is 0 Å². The van der Waals surface area contributed by atoms with E-state index in [9.17, 15) is 4.79 Å². The summed E-state index contributed by atoms with van der Waals surface area (Å²) in [4.78, 5) is 22.4. The Kier molecular flexibility index (Phi) is 7.22. The Morgan fingerprint density at radius 1 is 0.931 bits per heavy atom. The van der Waals surface area contributed by atoms with Crippen LogP contribution in [-0.4, -0.2) is 90.5 Å². The maximum absolute atomic E-state index is 12.7. The van der Waals surface area contributed by atoms with Crippen molar-refractivity contribution >= 4 is 5.91 Å². The maximum atomic E-state index is 12.7. The molecule has 2 heterocycles. The molecule has 1 aromatic rings. The van der Waals surface area contributed by atoms with Gasteiger partial charge in [0.2, 0.25) is 5.91 Å². The van der Waals surface area contributed by atoms with Crippen molar-refractivity contribution in [2.24, 2.45) is 0 Å². The number of likely N-dealkylation sites (tertiary alicyclic amines) is 1. The lowest BCUT2D eigenvalue weighted by Gasteiger charge is -2.39. The van der Waals surface area contributed by atoms with E-state index in [0.717, 1.165) is 32.7 Å². The molecule has 2 saturated heterocycles. The molecule has 0 aromatic heterocycles. The van der Waals surface area contributed by atoms with E-state index in [0.29, 0.717) is 24.5 Å². The van der Waals surface area contributed by atoms with Gasteiger partial charge in [-0.15, -0.1) is 0 Å². The van der Waals surface area contributed by atoms with Crippen molar-refractivity contribution in [2.75, 3.05) is 52.9 Å². The van der Waals surface area contributed by atoms with Crippen LogP contribution >= 0.6 is 0 Å². The molecule has 1 unspecified atom stereocenters. The van der Waals surface area contributed by atoms with E-state index >= 15 is 0 Å². The Labute approximate surface area is 176 Å². The van der Waals surface area contributed by atoms with E-state index in [1.54, 1.807) is 0 Å². The molecule has 0 bridgehead atoms. The normalized spacial score (nSPS) is 25.3. The third-order valence-electron chi connectivity index (χ3n) is 7.29. The number of hydrogen-bond acceptors (Lipinski definition) is 4. The van der Waals surface area contributed by atoms with Crippen molar-refractivity contribution in [1.82, 2.24) is 19.6 Å². The van der Waals surface area contributed by atoms with Crippen LogP contribution in [0.3, 0.4) is 0 Å². The van der Waals surface area contributed by atoms with Gasteiger partial charge < -0.3 is 4.90 Å². The number of likely N-dealkylation sites (N-methyl/N-ethyl adjacent to an activating group) is 1. The summed E-state index contributed by atoms with van der Waals surface area (Å²) in [7, 11) is 2.02. The topological polar surface area (TPSA) is 30.0 Å². The summed E-state index contributed by atoms with van der Waals surface area (Å²) in [5.41, 5.74) is 1.42. The molecule has 3 fully saturated rings. The highest BCUT2D eigenvalue weighted by atomic mass is 16.2. The first kappa shape index (κ1) is 20.8. The van der Waals surface area contributed by atoms with Crippen molar-refractivity contribution in [3.05, 3.63) is 35.9 Å². The van der Waals surface area contributed by atoms with Gasteiger partial charge in [0.05, 0.1) is 6.54 Å². The van der Waals surface area contributed by atoms with Crippen molar-refractivity contribution in [3.8, 4) is 0 Å². The van der Waals surface area contributed by atoms with Crippen LogP contribution in [0.1, 0.15) is 44.1 Å². The van der Waals surface area contributed by atoms with E-state index in [4.69, 9.17) is 0 Å². The molecule has 160 valence electrons. The molecule has 0 radical (unpaired) electrons. The Morgan fingerprint density at radius 3 is 2.38 bits per heavy atom. The Morgan fingerprint density at radius 2 is 1.66 bits per heavy atom. The number of amides is 1. The van der Waals surface area contributed by atoms with Crippen molar-refractivity contribution < 1.29 is 4.79 Å². The lowest BCUT2D eigenvalue weighted by atomic mass is 9.94. The molecule has 0 spiro atoms. The zero-order chi connectivity index (χ0) is 20.1. The summed E-state index contributed by atoms with van der Waals surface area (Å²) in [6.45, 7) is 8.31. The zero-order valence-corrected chi connectivity index (χ0v) is 18.1. The minimum Gasteiger partial charge on any atom is -0.342 e. The second-order valence-corrected chi connectivity index (χ2v) is 9.27. The van der Waals surface area contributed by atoms with Gasteiger partial charge in [-0.2, -0.15) is 0 Å². The van der Waals surface area contributed by atoms with Crippen LogP contribution in [0.2, 0.25) is 0 Å². The van der Waals surface area contributed by atoms with Gasteiger partial charge >= 0.3 is 0 Å². The number of nitrogens with zero attached hydrogens (tertiary/aromatic N) is 4. The lowest BCUT2D eigenvalue weighted by Crippen LogP contribution is -2.53. The Hall–Kier alpha value is -1.43. The summed E-state index contributed by atoms with van der Waals surface area (Å²) >= 11 is 0. The van der Waals surface area contributed by atoms with E-state index in [1.165, 1.54) is 57.2 Å². The van der Waals surface area contributed by atoms with Gasteiger partial charge in [0.1, 0.15) is 0 Å². The van der Waals surface area contributed by atoms with Crippen molar-refractivity contribution in [2.45, 2.75) is 57.2 Å². The molecular formula is C24H38N4O. The molecule has 1 aliphatic carbocycles. The van der Waals surface area contributed by atoms with Crippen LogP contribution < -0.4 is 0 Å². The van der Waals surface area contributed by atoms with Crippen molar-refractivity contribution in [3.63, 3.8) is 0 Å². The number of carbonyl (C=O) groups is 1. The molecule has 5 nitrogen and oxygen atoms in total. The fraction of sp³-hybridized carbons (Fsp3) is 0.708. The zero-order valence-electron chi connectivity index (χ0n) is 18.1. The first-order chi connectivity index (χ1) is 14.2. The highest BCUT2D eigenvalue weighted by Crippen LogP contribution is 2.22. The molecule has 1 amide bonds. The van der Waals surface area contributed by atoms with Gasteiger partial charge in [0, 0.05) is 64.9 Å². The third-order valence-corrected chi connectivity index (χ3v) is 7.29. The van der Waals surface area contributed by atoms with Gasteiger partial charge in [-0.05, 0) is 24.8 Å². The third kappa shape index (κ3) is 5.59. The smallest absolute Gasteiger partial charge is 0.236 e. The molecule has 0 N–H and O–H groups in total. The highest BCUT2D eigenvalue weighted by Gasteiger charge is 2.31. The molecular weight excluding hydrogens is 360 g/mol. The summed E-state index contributed by atoms with van der Waals surface area (Å²) in [5.74, 6) is 0.320. The van der Waals surface area contributed by atoms with E-state index in [2.05, 4.69) is 45.0 Å². The quantitative estimate of drug-likeness (QED) is 0.737. The van der Waals surface area contributed by atoms with Crippen LogP contribution in [0.15, 0.2) is 30.3 Å². The van der Waals surface area contributed by atoms with Crippen molar-refractivity contribution in [1.29, 1.82) is 0 Å². The first-order valence-electron chi connectivity index (χ1n) is 11.7.